The minimum atomic E-state index is -0.847. The van der Waals surface area contributed by atoms with E-state index in [0.29, 0.717) is 19.4 Å². The van der Waals surface area contributed by atoms with E-state index in [1.54, 1.807) is 6.08 Å². The molecule has 0 aliphatic rings. The molecular formula is C60H115NO5. The van der Waals surface area contributed by atoms with Crippen molar-refractivity contribution in [2.24, 2.45) is 0 Å². The number of aliphatic hydroxyl groups is 2. The average Bonchev–Trinajstić information content (AvgIpc) is 3.32. The summed E-state index contributed by atoms with van der Waals surface area (Å²) in [5.74, 6) is -0.0720. The lowest BCUT2D eigenvalue weighted by Crippen LogP contribution is -2.45. The van der Waals surface area contributed by atoms with Crippen LogP contribution < -0.4 is 5.32 Å². The Morgan fingerprint density at radius 3 is 1.08 bits per heavy atom. The van der Waals surface area contributed by atoms with Gasteiger partial charge in [0.2, 0.25) is 5.91 Å². The molecule has 0 bridgehead atoms. The maximum atomic E-state index is 12.5. The normalized spacial score (nSPS) is 12.7. The van der Waals surface area contributed by atoms with Crippen molar-refractivity contribution in [1.29, 1.82) is 0 Å². The molecule has 0 saturated heterocycles. The lowest BCUT2D eigenvalue weighted by molar-refractivity contribution is -0.143. The van der Waals surface area contributed by atoms with Crippen molar-refractivity contribution >= 4 is 11.9 Å². The predicted molar refractivity (Wildman–Crippen MR) is 287 cm³/mol. The van der Waals surface area contributed by atoms with E-state index < -0.39 is 12.1 Å². The average molecular weight is 931 g/mol. The molecule has 0 heterocycles. The van der Waals surface area contributed by atoms with Crippen molar-refractivity contribution in [1.82, 2.24) is 5.32 Å². The van der Waals surface area contributed by atoms with Crippen molar-refractivity contribution in [2.75, 3.05) is 13.2 Å². The van der Waals surface area contributed by atoms with Crippen LogP contribution in [-0.4, -0.2) is 47.4 Å². The van der Waals surface area contributed by atoms with Crippen LogP contribution in [0.25, 0.3) is 0 Å². The second-order valence-electron chi connectivity index (χ2n) is 20.3. The molecule has 0 radical (unpaired) electrons. The van der Waals surface area contributed by atoms with Crippen LogP contribution in [0, 0.1) is 0 Å². The summed E-state index contributed by atoms with van der Waals surface area (Å²) in [7, 11) is 0. The fourth-order valence-corrected chi connectivity index (χ4v) is 9.16. The Labute approximate surface area is 411 Å². The van der Waals surface area contributed by atoms with E-state index in [1.165, 1.54) is 250 Å². The van der Waals surface area contributed by atoms with Gasteiger partial charge in [0.1, 0.15) is 0 Å². The third-order valence-corrected chi connectivity index (χ3v) is 13.7. The highest BCUT2D eigenvalue weighted by Gasteiger charge is 2.18. The summed E-state index contributed by atoms with van der Waals surface area (Å²) in [4.78, 5) is 24.5. The van der Waals surface area contributed by atoms with Gasteiger partial charge in [0.05, 0.1) is 25.4 Å². The minimum absolute atomic E-state index is 0.00179. The van der Waals surface area contributed by atoms with Gasteiger partial charge in [-0.2, -0.15) is 0 Å². The van der Waals surface area contributed by atoms with Crippen LogP contribution in [0.4, 0.5) is 0 Å². The number of nitrogens with one attached hydrogen (secondary N) is 1. The van der Waals surface area contributed by atoms with Crippen molar-refractivity contribution in [3.05, 3.63) is 24.3 Å². The zero-order valence-corrected chi connectivity index (χ0v) is 44.4. The quantitative estimate of drug-likeness (QED) is 0.0321. The van der Waals surface area contributed by atoms with E-state index in [1.807, 2.05) is 6.08 Å². The van der Waals surface area contributed by atoms with Gasteiger partial charge in [-0.25, -0.2) is 0 Å². The van der Waals surface area contributed by atoms with E-state index in [0.717, 1.165) is 44.9 Å². The highest BCUT2D eigenvalue weighted by molar-refractivity contribution is 5.76. The largest absolute Gasteiger partial charge is 0.466 e. The third kappa shape index (κ3) is 51.7. The van der Waals surface area contributed by atoms with Crippen LogP contribution in [0.1, 0.15) is 322 Å². The summed E-state index contributed by atoms with van der Waals surface area (Å²) in [6.45, 7) is 4.90. The topological polar surface area (TPSA) is 95.9 Å². The molecule has 6 nitrogen and oxygen atoms in total. The number of carbonyl (C=O) groups is 2. The van der Waals surface area contributed by atoms with Crippen molar-refractivity contribution in [3.8, 4) is 0 Å². The number of aliphatic hydroxyl groups excluding tert-OH is 2. The molecular weight excluding hydrogens is 815 g/mol. The maximum absolute atomic E-state index is 12.5. The molecule has 0 aromatic carbocycles. The highest BCUT2D eigenvalue weighted by Crippen LogP contribution is 2.17. The number of hydrogen-bond acceptors (Lipinski definition) is 5. The Morgan fingerprint density at radius 2 is 0.712 bits per heavy atom. The number of ether oxygens (including phenoxy) is 1. The van der Waals surface area contributed by atoms with Crippen LogP contribution in [0.3, 0.4) is 0 Å². The van der Waals surface area contributed by atoms with Crippen molar-refractivity contribution in [3.63, 3.8) is 0 Å². The lowest BCUT2D eigenvalue weighted by atomic mass is 10.0. The van der Waals surface area contributed by atoms with Gasteiger partial charge >= 0.3 is 5.97 Å². The monoisotopic (exact) mass is 930 g/mol. The number of amides is 1. The molecule has 0 aliphatic carbocycles. The summed E-state index contributed by atoms with van der Waals surface area (Å²) in [6.07, 6.45) is 67.7. The number of allylic oxidation sites excluding steroid dienone is 3. The zero-order valence-electron chi connectivity index (χ0n) is 44.4. The summed E-state index contributed by atoms with van der Waals surface area (Å²) in [5, 5.41) is 23.1. The van der Waals surface area contributed by atoms with Gasteiger partial charge in [-0.3, -0.25) is 9.59 Å². The molecule has 3 N–H and O–H groups in total. The smallest absolute Gasteiger partial charge is 0.305 e. The van der Waals surface area contributed by atoms with Crippen LogP contribution in [-0.2, 0) is 14.3 Å². The second-order valence-corrected chi connectivity index (χ2v) is 20.3. The zero-order chi connectivity index (χ0) is 47.9. The molecule has 6 heteroatoms. The molecule has 0 aromatic heterocycles. The van der Waals surface area contributed by atoms with Gasteiger partial charge in [-0.1, -0.05) is 276 Å². The molecule has 2 unspecified atom stereocenters. The number of unbranched alkanes of at least 4 members (excludes halogenated alkanes) is 42. The standard InChI is InChI=1S/C60H115NO5/c1-3-5-7-9-11-13-15-17-19-22-25-28-32-36-40-44-48-52-58(63)57(56-62)61-59(64)53-49-45-41-37-33-29-26-23-20-21-24-27-31-35-39-43-47-51-55-66-60(65)54-50-46-42-38-34-30-18-16-14-12-10-8-6-4-2/h16,18,48,52,57-58,62-63H,3-15,17,19-47,49-51,53-56H2,1-2H3,(H,61,64)/b18-16-,52-48+. The second kappa shape index (κ2) is 55.9. The van der Waals surface area contributed by atoms with Gasteiger partial charge in [0, 0.05) is 12.8 Å². The summed E-state index contributed by atoms with van der Waals surface area (Å²) in [6, 6.07) is -0.631. The Balaban J connectivity index is 3.44. The van der Waals surface area contributed by atoms with Gasteiger partial charge in [0.15, 0.2) is 0 Å². The first-order valence-corrected chi connectivity index (χ1v) is 29.6. The third-order valence-electron chi connectivity index (χ3n) is 13.7. The fourth-order valence-electron chi connectivity index (χ4n) is 9.16. The van der Waals surface area contributed by atoms with Gasteiger partial charge < -0.3 is 20.3 Å². The SMILES string of the molecule is CCCCCCC/C=C\CCCCCCCC(=O)OCCCCCCCCCCCCCCCCCCCCC(=O)NC(CO)C(O)/C=C/CCCCCCCCCCCCCCCCC. The van der Waals surface area contributed by atoms with Crippen molar-refractivity contribution < 1.29 is 24.5 Å². The minimum Gasteiger partial charge on any atom is -0.466 e. The van der Waals surface area contributed by atoms with Gasteiger partial charge in [-0.05, 0) is 57.8 Å². The molecule has 1 amide bonds. The van der Waals surface area contributed by atoms with E-state index >= 15 is 0 Å². The Morgan fingerprint density at radius 1 is 0.409 bits per heavy atom. The Bertz CT molecular complexity index is 1030. The number of hydrogen-bond donors (Lipinski definition) is 3. The van der Waals surface area contributed by atoms with E-state index in [2.05, 4.69) is 31.3 Å². The van der Waals surface area contributed by atoms with Crippen LogP contribution in [0.15, 0.2) is 24.3 Å². The number of rotatable bonds is 55. The van der Waals surface area contributed by atoms with E-state index in [9.17, 15) is 19.8 Å². The molecule has 390 valence electrons. The summed E-state index contributed by atoms with van der Waals surface area (Å²) < 4.78 is 5.47. The van der Waals surface area contributed by atoms with Gasteiger partial charge in [0.25, 0.3) is 0 Å². The van der Waals surface area contributed by atoms with Gasteiger partial charge in [-0.15, -0.1) is 0 Å². The molecule has 66 heavy (non-hydrogen) atoms. The fraction of sp³-hybridized carbons (Fsp3) is 0.900. The van der Waals surface area contributed by atoms with Crippen LogP contribution in [0.5, 0.6) is 0 Å². The molecule has 0 aliphatic heterocycles. The molecule has 0 spiro atoms. The number of esters is 1. The summed E-state index contributed by atoms with van der Waals surface area (Å²) >= 11 is 0. The predicted octanol–water partition coefficient (Wildman–Crippen LogP) is 18.2. The highest BCUT2D eigenvalue weighted by atomic mass is 16.5. The van der Waals surface area contributed by atoms with Crippen LogP contribution >= 0.6 is 0 Å². The maximum Gasteiger partial charge on any atom is 0.305 e. The molecule has 2 atom stereocenters. The van der Waals surface area contributed by atoms with Crippen LogP contribution in [0.2, 0.25) is 0 Å². The number of carbonyl (C=O) groups excluding carboxylic acids is 2. The first-order valence-electron chi connectivity index (χ1n) is 29.6. The lowest BCUT2D eigenvalue weighted by Gasteiger charge is -2.20. The molecule has 0 rings (SSSR count). The van der Waals surface area contributed by atoms with Crippen molar-refractivity contribution in [2.45, 2.75) is 334 Å². The Hall–Kier alpha value is -1.66. The molecule has 0 saturated carbocycles. The van der Waals surface area contributed by atoms with E-state index in [4.69, 9.17) is 4.74 Å². The first-order chi connectivity index (χ1) is 32.5. The van der Waals surface area contributed by atoms with E-state index in [-0.39, 0.29) is 18.5 Å². The summed E-state index contributed by atoms with van der Waals surface area (Å²) in [5.41, 5.74) is 0. The molecule has 0 fully saturated rings. The Kier molecular flexibility index (Phi) is 54.5. The first kappa shape index (κ1) is 64.3. The molecule has 0 aromatic rings.